The molecule has 0 unspecified atom stereocenters. The van der Waals surface area contributed by atoms with Gasteiger partial charge in [0.25, 0.3) is 0 Å². The number of carbonyl (C=O) groups excluding carboxylic acids is 1. The SMILES string of the molecule is O=C(Nc1ccccc1Cl)NC1(c2ccc3c(c2)OCCO3)CC1. The molecule has 0 radical (unpaired) electrons. The van der Waals surface area contributed by atoms with Crippen LogP contribution in [0, 0.1) is 0 Å². The van der Waals surface area contributed by atoms with Gasteiger partial charge in [-0.1, -0.05) is 29.8 Å². The quantitative estimate of drug-likeness (QED) is 0.887. The summed E-state index contributed by atoms with van der Waals surface area (Å²) in [4.78, 5) is 12.3. The van der Waals surface area contributed by atoms with Crippen molar-refractivity contribution in [3.05, 3.63) is 53.1 Å². The highest BCUT2D eigenvalue weighted by Crippen LogP contribution is 2.47. The van der Waals surface area contributed by atoms with E-state index in [4.69, 9.17) is 21.1 Å². The van der Waals surface area contributed by atoms with Crippen LogP contribution in [0.25, 0.3) is 0 Å². The Morgan fingerprint density at radius 2 is 1.79 bits per heavy atom. The highest BCUT2D eigenvalue weighted by molar-refractivity contribution is 6.33. The average Bonchev–Trinajstić information content (AvgIpc) is 3.37. The van der Waals surface area contributed by atoms with Crippen LogP contribution in [0.4, 0.5) is 10.5 Å². The molecule has 2 aromatic carbocycles. The molecular weight excluding hydrogens is 328 g/mol. The van der Waals surface area contributed by atoms with E-state index in [0.29, 0.717) is 23.9 Å². The summed E-state index contributed by atoms with van der Waals surface area (Å²) < 4.78 is 11.2. The first-order valence-corrected chi connectivity index (χ1v) is 8.28. The molecule has 1 heterocycles. The Morgan fingerprint density at radius 1 is 1.04 bits per heavy atom. The van der Waals surface area contributed by atoms with Crippen LogP contribution in [0.2, 0.25) is 5.02 Å². The topological polar surface area (TPSA) is 59.6 Å². The summed E-state index contributed by atoms with van der Waals surface area (Å²) in [5.74, 6) is 1.49. The van der Waals surface area contributed by atoms with Crippen molar-refractivity contribution in [2.75, 3.05) is 18.5 Å². The van der Waals surface area contributed by atoms with Gasteiger partial charge in [0.2, 0.25) is 0 Å². The molecule has 0 spiro atoms. The number of rotatable bonds is 3. The molecule has 1 aliphatic carbocycles. The smallest absolute Gasteiger partial charge is 0.319 e. The summed E-state index contributed by atoms with van der Waals surface area (Å²) in [5, 5.41) is 6.37. The van der Waals surface area contributed by atoms with Gasteiger partial charge in [0.05, 0.1) is 16.2 Å². The van der Waals surface area contributed by atoms with Crippen LogP contribution in [0.15, 0.2) is 42.5 Å². The second-order valence-electron chi connectivity index (χ2n) is 6.00. The van der Waals surface area contributed by atoms with Crippen molar-refractivity contribution in [2.24, 2.45) is 0 Å². The number of amides is 2. The van der Waals surface area contributed by atoms with E-state index in [2.05, 4.69) is 10.6 Å². The van der Waals surface area contributed by atoms with Crippen LogP contribution < -0.4 is 20.1 Å². The number of benzene rings is 2. The molecule has 5 nitrogen and oxygen atoms in total. The van der Waals surface area contributed by atoms with Crippen molar-refractivity contribution in [1.29, 1.82) is 0 Å². The minimum atomic E-state index is -0.346. The highest BCUT2D eigenvalue weighted by Gasteiger charge is 2.46. The van der Waals surface area contributed by atoms with Crippen molar-refractivity contribution in [3.63, 3.8) is 0 Å². The Labute approximate surface area is 144 Å². The molecule has 0 saturated heterocycles. The van der Waals surface area contributed by atoms with Crippen LogP contribution >= 0.6 is 11.6 Å². The average molecular weight is 345 g/mol. The number of nitrogens with one attached hydrogen (secondary N) is 2. The van der Waals surface area contributed by atoms with Gasteiger partial charge in [-0.3, -0.25) is 0 Å². The molecule has 1 fully saturated rings. The fraction of sp³-hybridized carbons (Fsp3) is 0.278. The minimum absolute atomic E-state index is 0.268. The number of para-hydroxylation sites is 1. The number of urea groups is 1. The molecule has 2 N–H and O–H groups in total. The van der Waals surface area contributed by atoms with Gasteiger partial charge in [-0.25, -0.2) is 4.79 Å². The minimum Gasteiger partial charge on any atom is -0.486 e. The van der Waals surface area contributed by atoms with Crippen LogP contribution in [0.5, 0.6) is 11.5 Å². The van der Waals surface area contributed by atoms with Gasteiger partial charge in [-0.15, -0.1) is 0 Å². The first-order valence-electron chi connectivity index (χ1n) is 7.90. The summed E-state index contributed by atoms with van der Waals surface area (Å²) in [6.07, 6.45) is 1.78. The fourth-order valence-corrected chi connectivity index (χ4v) is 3.07. The van der Waals surface area contributed by atoms with Crippen LogP contribution in [-0.4, -0.2) is 19.2 Å². The lowest BCUT2D eigenvalue weighted by atomic mass is 10.0. The molecule has 0 aromatic heterocycles. The van der Waals surface area contributed by atoms with E-state index in [-0.39, 0.29) is 11.6 Å². The Morgan fingerprint density at radius 3 is 2.54 bits per heavy atom. The fourth-order valence-electron chi connectivity index (χ4n) is 2.89. The predicted molar refractivity (Wildman–Crippen MR) is 92.0 cm³/mol. The van der Waals surface area contributed by atoms with E-state index in [1.165, 1.54) is 0 Å². The molecule has 0 atom stereocenters. The standard InChI is InChI=1S/C18H17ClN2O3/c19-13-3-1-2-4-14(13)20-17(22)21-18(7-8-18)12-5-6-15-16(11-12)24-10-9-23-15/h1-6,11H,7-10H2,(H2,20,21,22). The summed E-state index contributed by atoms with van der Waals surface area (Å²) in [5.41, 5.74) is 1.27. The molecule has 1 saturated carbocycles. The van der Waals surface area contributed by atoms with Crippen LogP contribution in [0.3, 0.4) is 0 Å². The van der Waals surface area contributed by atoms with Crippen molar-refractivity contribution >= 4 is 23.3 Å². The first kappa shape index (κ1) is 15.1. The third kappa shape index (κ3) is 2.87. The van der Waals surface area contributed by atoms with Crippen molar-refractivity contribution in [3.8, 4) is 11.5 Å². The summed E-state index contributed by atoms with van der Waals surface area (Å²) in [7, 11) is 0. The van der Waals surface area contributed by atoms with E-state index in [0.717, 1.165) is 29.9 Å². The third-order valence-corrected chi connectivity index (χ3v) is 4.65. The molecular formula is C18H17ClN2O3. The lowest BCUT2D eigenvalue weighted by Crippen LogP contribution is -2.38. The zero-order valence-corrected chi connectivity index (χ0v) is 13.7. The number of anilines is 1. The Bertz CT molecular complexity index is 790. The van der Waals surface area contributed by atoms with E-state index in [1.54, 1.807) is 12.1 Å². The summed E-state index contributed by atoms with van der Waals surface area (Å²) >= 11 is 6.08. The van der Waals surface area contributed by atoms with Gasteiger partial charge in [-0.2, -0.15) is 0 Å². The molecule has 1 aliphatic heterocycles. The zero-order chi connectivity index (χ0) is 16.6. The third-order valence-electron chi connectivity index (χ3n) is 4.32. The maximum Gasteiger partial charge on any atom is 0.319 e. The Hall–Kier alpha value is -2.40. The van der Waals surface area contributed by atoms with Crippen molar-refractivity contribution < 1.29 is 14.3 Å². The van der Waals surface area contributed by atoms with Crippen LogP contribution in [0.1, 0.15) is 18.4 Å². The maximum absolute atomic E-state index is 12.3. The van der Waals surface area contributed by atoms with E-state index in [1.807, 2.05) is 30.3 Å². The number of hydrogen-bond acceptors (Lipinski definition) is 3. The van der Waals surface area contributed by atoms with Gasteiger partial charge in [0, 0.05) is 0 Å². The highest BCUT2D eigenvalue weighted by atomic mass is 35.5. The molecule has 4 rings (SSSR count). The number of fused-ring (bicyclic) bond motifs is 1. The Kier molecular flexibility index (Phi) is 3.73. The molecule has 124 valence electrons. The number of carbonyl (C=O) groups is 1. The normalized spacial score (nSPS) is 17.0. The van der Waals surface area contributed by atoms with E-state index in [9.17, 15) is 4.79 Å². The monoisotopic (exact) mass is 344 g/mol. The van der Waals surface area contributed by atoms with Gasteiger partial charge in [0.1, 0.15) is 13.2 Å². The largest absolute Gasteiger partial charge is 0.486 e. The van der Waals surface area contributed by atoms with Gasteiger partial charge >= 0.3 is 6.03 Å². The van der Waals surface area contributed by atoms with Gasteiger partial charge in [-0.05, 0) is 42.7 Å². The van der Waals surface area contributed by atoms with Crippen molar-refractivity contribution in [2.45, 2.75) is 18.4 Å². The van der Waals surface area contributed by atoms with E-state index >= 15 is 0 Å². The lowest BCUT2D eigenvalue weighted by molar-refractivity contribution is 0.171. The molecule has 6 heteroatoms. The Balaban J connectivity index is 1.50. The number of hydrogen-bond donors (Lipinski definition) is 2. The van der Waals surface area contributed by atoms with Crippen LogP contribution in [-0.2, 0) is 5.54 Å². The lowest BCUT2D eigenvalue weighted by Gasteiger charge is -2.23. The summed E-state index contributed by atoms with van der Waals surface area (Å²) in [6, 6.07) is 12.7. The second kappa shape index (κ2) is 5.91. The van der Waals surface area contributed by atoms with Crippen molar-refractivity contribution in [1.82, 2.24) is 5.32 Å². The number of ether oxygens (including phenoxy) is 2. The second-order valence-corrected chi connectivity index (χ2v) is 6.41. The molecule has 2 aliphatic rings. The van der Waals surface area contributed by atoms with Gasteiger partial charge < -0.3 is 20.1 Å². The molecule has 0 bridgehead atoms. The maximum atomic E-state index is 12.3. The number of halogens is 1. The molecule has 2 amide bonds. The van der Waals surface area contributed by atoms with Gasteiger partial charge in [0.15, 0.2) is 11.5 Å². The zero-order valence-electron chi connectivity index (χ0n) is 13.0. The van der Waals surface area contributed by atoms with E-state index < -0.39 is 0 Å². The first-order chi connectivity index (χ1) is 11.7. The summed E-state index contributed by atoms with van der Waals surface area (Å²) in [6.45, 7) is 1.11. The molecule has 2 aromatic rings. The predicted octanol–water partition coefficient (Wildman–Crippen LogP) is 3.92. The molecule has 24 heavy (non-hydrogen) atoms.